The van der Waals surface area contributed by atoms with E-state index in [1.165, 1.54) is 4.68 Å². The fourth-order valence-electron chi connectivity index (χ4n) is 3.19. The average Bonchev–Trinajstić information content (AvgIpc) is 2.77. The van der Waals surface area contributed by atoms with Crippen molar-refractivity contribution < 1.29 is 9.59 Å². The van der Waals surface area contributed by atoms with Crippen molar-refractivity contribution in [3.8, 4) is 0 Å². The van der Waals surface area contributed by atoms with Gasteiger partial charge in [-0.1, -0.05) is 48.5 Å². The molecule has 1 heterocycles. The van der Waals surface area contributed by atoms with Crippen LogP contribution in [0, 0.1) is 0 Å². The summed E-state index contributed by atoms with van der Waals surface area (Å²) in [7, 11) is 0. The molecule has 0 aliphatic carbocycles. The summed E-state index contributed by atoms with van der Waals surface area (Å²) >= 11 is 0. The van der Waals surface area contributed by atoms with Crippen LogP contribution in [0.15, 0.2) is 71.5 Å². The number of hydrogen-bond donors (Lipinski definition) is 2. The number of rotatable bonds is 3. The van der Waals surface area contributed by atoms with Gasteiger partial charge < -0.3 is 0 Å². The minimum Gasteiger partial charge on any atom is -0.267 e. The predicted molar refractivity (Wildman–Crippen MR) is 111 cm³/mol. The molecule has 4 aromatic rings. The lowest BCUT2D eigenvalue weighted by atomic mass is 10.1. The topological polar surface area (TPSA) is 93.1 Å². The molecule has 2 N–H and O–H groups in total. The first-order valence-corrected chi connectivity index (χ1v) is 9.18. The molecule has 0 aliphatic heterocycles. The second-order valence-electron chi connectivity index (χ2n) is 6.49. The zero-order chi connectivity index (χ0) is 20.4. The third-order valence-electron chi connectivity index (χ3n) is 4.68. The molecule has 1 aromatic heterocycles. The van der Waals surface area contributed by atoms with Gasteiger partial charge in [-0.25, -0.2) is 4.68 Å². The second-order valence-corrected chi connectivity index (χ2v) is 6.49. The minimum absolute atomic E-state index is 0.0702. The molecule has 7 heteroatoms. The number of nitrogens with one attached hydrogen (secondary N) is 2. The van der Waals surface area contributed by atoms with Gasteiger partial charge in [0.2, 0.25) is 0 Å². The van der Waals surface area contributed by atoms with Crippen LogP contribution in [0.1, 0.15) is 27.8 Å². The number of benzene rings is 3. The first-order valence-electron chi connectivity index (χ1n) is 9.18. The Morgan fingerprint density at radius 1 is 0.862 bits per heavy atom. The summed E-state index contributed by atoms with van der Waals surface area (Å²) in [6.07, 6.45) is 0. The van der Waals surface area contributed by atoms with Gasteiger partial charge in [-0.3, -0.25) is 25.2 Å². The Labute approximate surface area is 165 Å². The van der Waals surface area contributed by atoms with Gasteiger partial charge in [0.15, 0.2) is 5.69 Å². The molecule has 144 valence electrons. The molecule has 0 spiro atoms. The number of aryl methyl sites for hydroxylation is 1. The van der Waals surface area contributed by atoms with Crippen molar-refractivity contribution >= 4 is 33.4 Å². The van der Waals surface area contributed by atoms with Crippen molar-refractivity contribution in [3.63, 3.8) is 0 Å². The molecule has 0 fully saturated rings. The number of fused-ring (bicyclic) bond motifs is 2. The number of hydrazine groups is 1. The van der Waals surface area contributed by atoms with Gasteiger partial charge in [0, 0.05) is 17.5 Å². The third kappa shape index (κ3) is 3.45. The van der Waals surface area contributed by atoms with Crippen molar-refractivity contribution in [1.82, 2.24) is 20.6 Å². The Bertz CT molecular complexity index is 1310. The number of carbonyl (C=O) groups excluding carboxylic acids is 2. The molecule has 3 aromatic carbocycles. The van der Waals surface area contributed by atoms with Crippen LogP contribution >= 0.6 is 0 Å². The Balaban J connectivity index is 1.59. The van der Waals surface area contributed by atoms with Gasteiger partial charge >= 0.3 is 0 Å². The van der Waals surface area contributed by atoms with Crippen LogP contribution in [0.2, 0.25) is 0 Å². The summed E-state index contributed by atoms with van der Waals surface area (Å²) in [6, 6.07) is 19.7. The quantitative estimate of drug-likeness (QED) is 0.530. The van der Waals surface area contributed by atoms with Crippen LogP contribution in [0.25, 0.3) is 21.5 Å². The van der Waals surface area contributed by atoms with Crippen LogP contribution in [-0.2, 0) is 6.54 Å². The van der Waals surface area contributed by atoms with Crippen molar-refractivity contribution in [2.75, 3.05) is 0 Å². The summed E-state index contributed by atoms with van der Waals surface area (Å²) in [5.41, 5.74) is 5.03. The number of nitrogens with zero attached hydrogens (tertiary/aromatic N) is 2. The van der Waals surface area contributed by atoms with Crippen molar-refractivity contribution in [2.45, 2.75) is 13.5 Å². The van der Waals surface area contributed by atoms with E-state index in [0.717, 1.165) is 10.8 Å². The molecule has 0 unspecified atom stereocenters. The predicted octanol–water partition coefficient (Wildman–Crippen LogP) is 2.64. The highest BCUT2D eigenvalue weighted by molar-refractivity contribution is 6.06. The summed E-state index contributed by atoms with van der Waals surface area (Å²) in [5.74, 6) is -1.05. The summed E-state index contributed by atoms with van der Waals surface area (Å²) < 4.78 is 1.22. The number of aromatic nitrogens is 2. The molecule has 0 bridgehead atoms. The van der Waals surface area contributed by atoms with E-state index in [4.69, 9.17) is 0 Å². The van der Waals surface area contributed by atoms with E-state index >= 15 is 0 Å². The van der Waals surface area contributed by atoms with E-state index in [2.05, 4.69) is 16.0 Å². The van der Waals surface area contributed by atoms with Gasteiger partial charge in [0.25, 0.3) is 17.4 Å². The number of amides is 2. The lowest BCUT2D eigenvalue weighted by Gasteiger charge is -2.11. The molecule has 0 aliphatic rings. The van der Waals surface area contributed by atoms with Crippen LogP contribution in [0.5, 0.6) is 0 Å². The van der Waals surface area contributed by atoms with E-state index in [0.29, 0.717) is 22.9 Å². The van der Waals surface area contributed by atoms with E-state index < -0.39 is 11.8 Å². The molecule has 0 saturated heterocycles. The summed E-state index contributed by atoms with van der Waals surface area (Å²) in [5, 5.41) is 6.92. The second kappa shape index (κ2) is 7.55. The Morgan fingerprint density at radius 2 is 1.52 bits per heavy atom. The molecular weight excluding hydrogens is 368 g/mol. The summed E-state index contributed by atoms with van der Waals surface area (Å²) in [4.78, 5) is 37.5. The van der Waals surface area contributed by atoms with Crippen molar-refractivity contribution in [2.24, 2.45) is 0 Å². The minimum atomic E-state index is -0.600. The van der Waals surface area contributed by atoms with Gasteiger partial charge in [-0.15, -0.1) is 0 Å². The van der Waals surface area contributed by atoms with Gasteiger partial charge in [-0.2, -0.15) is 5.10 Å². The monoisotopic (exact) mass is 386 g/mol. The van der Waals surface area contributed by atoms with Gasteiger partial charge in [-0.05, 0) is 35.9 Å². The molecule has 29 heavy (non-hydrogen) atoms. The van der Waals surface area contributed by atoms with E-state index in [9.17, 15) is 14.4 Å². The molecule has 0 saturated carbocycles. The highest BCUT2D eigenvalue weighted by Crippen LogP contribution is 2.16. The maximum Gasteiger partial charge on any atom is 0.290 e. The van der Waals surface area contributed by atoms with Crippen molar-refractivity contribution in [3.05, 3.63) is 88.3 Å². The molecule has 7 nitrogen and oxygen atoms in total. The Morgan fingerprint density at radius 3 is 2.28 bits per heavy atom. The number of hydrogen-bond acceptors (Lipinski definition) is 4. The zero-order valence-corrected chi connectivity index (χ0v) is 15.7. The largest absolute Gasteiger partial charge is 0.290 e. The first kappa shape index (κ1) is 18.4. The molecule has 4 rings (SSSR count). The fourth-order valence-corrected chi connectivity index (χ4v) is 3.19. The highest BCUT2D eigenvalue weighted by atomic mass is 16.2. The summed E-state index contributed by atoms with van der Waals surface area (Å²) in [6.45, 7) is 2.10. The van der Waals surface area contributed by atoms with Crippen LogP contribution in [0.4, 0.5) is 0 Å². The first-order chi connectivity index (χ1) is 14.1. The van der Waals surface area contributed by atoms with Gasteiger partial charge in [0.05, 0.1) is 5.39 Å². The highest BCUT2D eigenvalue weighted by Gasteiger charge is 2.17. The number of carbonyl (C=O) groups is 2. The molecule has 0 atom stereocenters. The lowest BCUT2D eigenvalue weighted by molar-refractivity contribution is 0.0843. The Kier molecular flexibility index (Phi) is 4.78. The fraction of sp³-hybridized carbons (Fsp3) is 0.0909. The van der Waals surface area contributed by atoms with Crippen LogP contribution in [0.3, 0.4) is 0 Å². The lowest BCUT2D eigenvalue weighted by Crippen LogP contribution is -2.42. The Hall–Kier alpha value is -4.00. The molecular formula is C22H18N4O3. The van der Waals surface area contributed by atoms with Gasteiger partial charge in [0.1, 0.15) is 0 Å². The normalized spacial score (nSPS) is 10.8. The van der Waals surface area contributed by atoms with Crippen LogP contribution in [-0.4, -0.2) is 21.6 Å². The molecule has 2 amide bonds. The maximum absolute atomic E-state index is 12.7. The van der Waals surface area contributed by atoms with Crippen molar-refractivity contribution in [1.29, 1.82) is 0 Å². The third-order valence-corrected chi connectivity index (χ3v) is 4.68. The average molecular weight is 386 g/mol. The molecule has 0 radical (unpaired) electrons. The van der Waals surface area contributed by atoms with E-state index in [1.807, 2.05) is 30.3 Å². The van der Waals surface area contributed by atoms with Crippen LogP contribution < -0.4 is 16.4 Å². The zero-order valence-electron chi connectivity index (χ0n) is 15.7. The standard InChI is InChI=1S/C22H18N4O3/c1-2-26-22(29)18-10-6-5-9-17(18)19(25-26)21(28)24-23-20(27)16-12-11-14-7-3-4-8-15(14)13-16/h3-13H,2H2,1H3,(H,23,27)(H,24,28). The smallest absolute Gasteiger partial charge is 0.267 e. The SMILES string of the molecule is CCn1nc(C(=O)NNC(=O)c2ccc3ccccc3c2)c2ccccc2c1=O. The maximum atomic E-state index is 12.7. The van der Waals surface area contributed by atoms with E-state index in [-0.39, 0.29) is 11.3 Å². The van der Waals surface area contributed by atoms with E-state index in [1.54, 1.807) is 43.3 Å².